The van der Waals surface area contributed by atoms with Crippen molar-refractivity contribution in [2.75, 3.05) is 6.61 Å². The van der Waals surface area contributed by atoms with Crippen molar-refractivity contribution in [1.29, 1.82) is 0 Å². The summed E-state index contributed by atoms with van der Waals surface area (Å²) in [6.45, 7) is 7.60. The summed E-state index contributed by atoms with van der Waals surface area (Å²) in [5.74, 6) is -5.56. The van der Waals surface area contributed by atoms with Crippen LogP contribution in [0.4, 0.5) is 8.78 Å². The summed E-state index contributed by atoms with van der Waals surface area (Å²) in [6.07, 6.45) is 0.263. The molecule has 0 fully saturated rings. The first kappa shape index (κ1) is 10.8. The first-order valence-electron chi connectivity index (χ1n) is 3.33. The largest absolute Gasteiger partial charge is 0.491 e. The van der Waals surface area contributed by atoms with Crippen LogP contribution in [0.2, 0.25) is 0 Å². The highest BCUT2D eigenvalue weighted by atomic mass is 19.3. The van der Waals surface area contributed by atoms with Crippen LogP contribution in [0.3, 0.4) is 0 Å². The smallest absolute Gasteiger partial charge is 0.331 e. The molecule has 0 saturated heterocycles. The molecule has 0 saturated carbocycles. The summed E-state index contributed by atoms with van der Waals surface area (Å²) in [6, 6.07) is 0. The van der Waals surface area contributed by atoms with Crippen LogP contribution in [0, 0.1) is 0 Å². The summed E-state index contributed by atoms with van der Waals surface area (Å²) in [7, 11) is 0. The van der Waals surface area contributed by atoms with Gasteiger partial charge in [-0.15, -0.1) is 0 Å². The van der Waals surface area contributed by atoms with Crippen molar-refractivity contribution in [3.8, 4) is 0 Å². The molecule has 2 nitrogen and oxygen atoms in total. The second-order valence-corrected chi connectivity index (χ2v) is 2.01. The quantitative estimate of drug-likeness (QED) is 0.363. The maximum Gasteiger partial charge on any atom is 0.331 e. The Hall–Kier alpha value is -1.19. The van der Waals surface area contributed by atoms with Gasteiger partial charge in [-0.1, -0.05) is 13.2 Å². The molecule has 0 aliphatic carbocycles. The van der Waals surface area contributed by atoms with Crippen molar-refractivity contribution in [3.05, 3.63) is 25.0 Å². The van der Waals surface area contributed by atoms with Gasteiger partial charge in [-0.2, -0.15) is 8.78 Å². The van der Waals surface area contributed by atoms with Gasteiger partial charge in [0.2, 0.25) is 0 Å². The third-order valence-corrected chi connectivity index (χ3v) is 1.13. The number of ether oxygens (including phenoxy) is 1. The van der Waals surface area contributed by atoms with Crippen molar-refractivity contribution in [2.24, 2.45) is 0 Å². The Morgan fingerprint density at radius 3 is 2.50 bits per heavy atom. The van der Waals surface area contributed by atoms with E-state index >= 15 is 0 Å². The molecule has 0 aromatic carbocycles. The minimum Gasteiger partial charge on any atom is -0.491 e. The first-order chi connectivity index (χ1) is 5.45. The molecule has 0 aromatic heterocycles. The normalized spacial score (nSPS) is 10.6. The molecular weight excluding hydrogens is 166 g/mol. The Balaban J connectivity index is 4.39. The summed E-state index contributed by atoms with van der Waals surface area (Å²) >= 11 is 0. The molecule has 0 aromatic rings. The number of ketones is 1. The molecule has 0 radical (unpaired) electrons. The molecular formula is C8H10F2O2. The van der Waals surface area contributed by atoms with Gasteiger partial charge in [0.15, 0.2) is 5.76 Å². The van der Waals surface area contributed by atoms with Gasteiger partial charge in [0.25, 0.3) is 5.78 Å². The number of carbonyl (C=O) groups excluding carboxylic acids is 1. The lowest BCUT2D eigenvalue weighted by Crippen LogP contribution is -2.27. The van der Waals surface area contributed by atoms with E-state index < -0.39 is 17.5 Å². The van der Waals surface area contributed by atoms with E-state index in [1.54, 1.807) is 6.92 Å². The Labute approximate surface area is 69.5 Å². The van der Waals surface area contributed by atoms with Gasteiger partial charge in [-0.25, -0.2) is 0 Å². The lowest BCUT2D eigenvalue weighted by Gasteiger charge is -2.11. The molecule has 0 aliphatic rings. The third kappa shape index (κ3) is 2.45. The number of hydrogen-bond acceptors (Lipinski definition) is 2. The van der Waals surface area contributed by atoms with Gasteiger partial charge in [-0.3, -0.25) is 4.79 Å². The van der Waals surface area contributed by atoms with Gasteiger partial charge in [0.1, 0.15) is 0 Å². The number of alkyl halides is 2. The molecule has 12 heavy (non-hydrogen) atoms. The van der Waals surface area contributed by atoms with E-state index in [-0.39, 0.29) is 12.7 Å². The van der Waals surface area contributed by atoms with E-state index in [2.05, 4.69) is 17.9 Å². The maximum atomic E-state index is 12.5. The zero-order chi connectivity index (χ0) is 9.78. The van der Waals surface area contributed by atoms with Crippen molar-refractivity contribution >= 4 is 5.78 Å². The molecule has 0 bridgehead atoms. The maximum absolute atomic E-state index is 12.5. The van der Waals surface area contributed by atoms with Crippen molar-refractivity contribution < 1.29 is 18.3 Å². The number of halogens is 2. The molecule has 0 spiro atoms. The summed E-state index contributed by atoms with van der Waals surface area (Å²) in [5, 5.41) is 0. The molecule has 0 rings (SSSR count). The molecule has 0 unspecified atom stereocenters. The monoisotopic (exact) mass is 176 g/mol. The Bertz CT molecular complexity index is 209. The van der Waals surface area contributed by atoms with Crippen LogP contribution in [0.1, 0.15) is 6.92 Å². The van der Waals surface area contributed by atoms with E-state index in [1.165, 1.54) is 0 Å². The molecule has 0 amide bonds. The van der Waals surface area contributed by atoms with Gasteiger partial charge >= 0.3 is 5.92 Å². The lowest BCUT2D eigenvalue weighted by atomic mass is 10.2. The molecule has 0 atom stereocenters. The number of allylic oxidation sites excluding steroid dienone is 2. The van der Waals surface area contributed by atoms with Gasteiger partial charge in [0, 0.05) is 0 Å². The first-order valence-corrected chi connectivity index (χ1v) is 3.33. The molecule has 0 heterocycles. The van der Waals surface area contributed by atoms with E-state index in [4.69, 9.17) is 0 Å². The average molecular weight is 176 g/mol. The second kappa shape index (κ2) is 3.99. The second-order valence-electron chi connectivity index (χ2n) is 2.01. The zero-order valence-corrected chi connectivity index (χ0v) is 6.77. The van der Waals surface area contributed by atoms with Crippen LogP contribution < -0.4 is 0 Å². The fraction of sp³-hybridized carbons (Fsp3) is 0.375. The number of Topliss-reactive ketones (excluding diaryl/α,β-unsaturated/α-hetero) is 1. The average Bonchev–Trinajstić information content (AvgIpc) is 2.03. The topological polar surface area (TPSA) is 26.3 Å². The van der Waals surface area contributed by atoms with E-state index in [0.717, 1.165) is 0 Å². The Morgan fingerprint density at radius 1 is 1.67 bits per heavy atom. The standard InChI is InChI=1S/C8H10F2O2/c1-4-8(9,10)7(11)6(3)12-5-2/h4H,1,3,5H2,2H3. The Kier molecular flexibility index (Phi) is 3.60. The highest BCUT2D eigenvalue weighted by Gasteiger charge is 2.37. The van der Waals surface area contributed by atoms with Gasteiger partial charge in [-0.05, 0) is 13.0 Å². The summed E-state index contributed by atoms with van der Waals surface area (Å²) in [5.41, 5.74) is 0. The molecule has 68 valence electrons. The molecule has 0 N–H and O–H groups in total. The van der Waals surface area contributed by atoms with Crippen molar-refractivity contribution in [1.82, 2.24) is 0 Å². The minimum atomic E-state index is -3.58. The van der Waals surface area contributed by atoms with E-state index in [1.807, 2.05) is 0 Å². The van der Waals surface area contributed by atoms with Crippen LogP contribution in [0.25, 0.3) is 0 Å². The number of hydrogen-bond donors (Lipinski definition) is 0. The summed E-state index contributed by atoms with van der Waals surface area (Å²) < 4.78 is 29.5. The fourth-order valence-electron chi connectivity index (χ4n) is 0.518. The Morgan fingerprint density at radius 2 is 2.17 bits per heavy atom. The minimum absolute atomic E-state index is 0.137. The van der Waals surface area contributed by atoms with Gasteiger partial charge in [0.05, 0.1) is 6.61 Å². The SMILES string of the molecule is C=CC(F)(F)C(=O)C(=C)OCC. The number of rotatable bonds is 5. The van der Waals surface area contributed by atoms with Crippen LogP contribution >= 0.6 is 0 Å². The van der Waals surface area contributed by atoms with Crippen molar-refractivity contribution in [2.45, 2.75) is 12.8 Å². The fourth-order valence-corrected chi connectivity index (χ4v) is 0.518. The number of carbonyl (C=O) groups is 1. The predicted molar refractivity (Wildman–Crippen MR) is 40.9 cm³/mol. The van der Waals surface area contributed by atoms with Crippen LogP contribution in [-0.4, -0.2) is 18.3 Å². The zero-order valence-electron chi connectivity index (χ0n) is 6.77. The summed E-state index contributed by atoms with van der Waals surface area (Å²) in [4.78, 5) is 10.7. The van der Waals surface area contributed by atoms with Crippen LogP contribution in [-0.2, 0) is 9.53 Å². The predicted octanol–water partition coefficient (Wildman–Crippen LogP) is 1.93. The van der Waals surface area contributed by atoms with Gasteiger partial charge < -0.3 is 4.74 Å². The van der Waals surface area contributed by atoms with E-state index in [9.17, 15) is 13.6 Å². The van der Waals surface area contributed by atoms with E-state index in [0.29, 0.717) is 0 Å². The van der Waals surface area contributed by atoms with Crippen LogP contribution in [0.15, 0.2) is 25.0 Å². The van der Waals surface area contributed by atoms with Crippen LogP contribution in [0.5, 0.6) is 0 Å². The molecule has 0 aliphatic heterocycles. The highest BCUT2D eigenvalue weighted by molar-refractivity contribution is 5.99. The highest BCUT2D eigenvalue weighted by Crippen LogP contribution is 2.19. The third-order valence-electron chi connectivity index (χ3n) is 1.13. The lowest BCUT2D eigenvalue weighted by molar-refractivity contribution is -0.136. The van der Waals surface area contributed by atoms with Crippen molar-refractivity contribution in [3.63, 3.8) is 0 Å². The molecule has 4 heteroatoms.